The van der Waals surface area contributed by atoms with Gasteiger partial charge in [0.1, 0.15) is 0 Å². The van der Waals surface area contributed by atoms with E-state index in [1.807, 2.05) is 0 Å². The van der Waals surface area contributed by atoms with Crippen LogP contribution in [0.1, 0.15) is 12.8 Å². The molecule has 0 radical (unpaired) electrons. The van der Waals surface area contributed by atoms with E-state index in [1.54, 1.807) is 0 Å². The highest BCUT2D eigenvalue weighted by molar-refractivity contribution is 5.82. The van der Waals surface area contributed by atoms with Crippen molar-refractivity contribution >= 4 is 11.8 Å². The van der Waals surface area contributed by atoms with Crippen molar-refractivity contribution in [2.24, 2.45) is 5.73 Å². The fraction of sp³-hybridized carbons (Fsp3) is 0.750. The van der Waals surface area contributed by atoms with Gasteiger partial charge in [0.15, 0.2) is 0 Å². The van der Waals surface area contributed by atoms with Gasteiger partial charge in [-0.1, -0.05) is 0 Å². The average Bonchev–Trinajstić information content (AvgIpc) is 2.14. The summed E-state index contributed by atoms with van der Waals surface area (Å²) in [5.74, 6) is -0.821. The first-order valence-corrected chi connectivity index (χ1v) is 4.39. The predicted octanol–water partition coefficient (Wildman–Crippen LogP) is -1.93. The largest absolute Gasteiger partial charge is 0.395 e. The molecule has 0 saturated heterocycles. The molecule has 6 nitrogen and oxygen atoms in total. The number of nitrogens with two attached hydrogens (primary N) is 1. The number of hydrogen-bond acceptors (Lipinski definition) is 4. The third-order valence-electron chi connectivity index (χ3n) is 1.68. The minimum Gasteiger partial charge on any atom is -0.395 e. The first-order valence-electron chi connectivity index (χ1n) is 4.39. The van der Waals surface area contributed by atoms with Crippen LogP contribution >= 0.6 is 0 Å². The van der Waals surface area contributed by atoms with Gasteiger partial charge in [-0.25, -0.2) is 0 Å². The van der Waals surface area contributed by atoms with Crippen molar-refractivity contribution in [2.75, 3.05) is 26.3 Å². The fourth-order valence-electron chi connectivity index (χ4n) is 0.991. The Kier molecular flexibility index (Phi) is 6.69. The van der Waals surface area contributed by atoms with Crippen LogP contribution in [-0.4, -0.2) is 53.2 Å². The van der Waals surface area contributed by atoms with E-state index in [1.165, 1.54) is 4.90 Å². The average molecular weight is 204 g/mol. The van der Waals surface area contributed by atoms with Gasteiger partial charge in [0, 0.05) is 25.9 Å². The van der Waals surface area contributed by atoms with Crippen molar-refractivity contribution < 1.29 is 19.8 Å². The molecule has 4 N–H and O–H groups in total. The highest BCUT2D eigenvalue weighted by atomic mass is 16.3. The van der Waals surface area contributed by atoms with Gasteiger partial charge >= 0.3 is 0 Å². The van der Waals surface area contributed by atoms with Gasteiger partial charge in [-0.2, -0.15) is 0 Å². The smallest absolute Gasteiger partial charge is 0.223 e. The molecule has 0 fully saturated rings. The topological polar surface area (TPSA) is 104 Å². The molecule has 0 saturated carbocycles. The zero-order chi connectivity index (χ0) is 11.0. The quantitative estimate of drug-likeness (QED) is 0.449. The summed E-state index contributed by atoms with van der Waals surface area (Å²) in [6, 6.07) is 0. The van der Waals surface area contributed by atoms with Crippen LogP contribution in [-0.2, 0) is 9.59 Å². The van der Waals surface area contributed by atoms with E-state index in [4.69, 9.17) is 15.9 Å². The van der Waals surface area contributed by atoms with Crippen LogP contribution in [0.3, 0.4) is 0 Å². The van der Waals surface area contributed by atoms with E-state index in [2.05, 4.69) is 0 Å². The number of rotatable bonds is 7. The molecule has 0 spiro atoms. The molecular formula is C8H16N2O4. The lowest BCUT2D eigenvalue weighted by atomic mass is 10.2. The van der Waals surface area contributed by atoms with Crippen LogP contribution in [0.2, 0.25) is 0 Å². The van der Waals surface area contributed by atoms with Crippen LogP contribution < -0.4 is 5.73 Å². The number of carbonyl (C=O) groups is 2. The van der Waals surface area contributed by atoms with Crippen molar-refractivity contribution in [3.63, 3.8) is 0 Å². The van der Waals surface area contributed by atoms with E-state index in [0.717, 1.165) is 0 Å². The molecule has 0 aliphatic rings. The molecule has 0 atom stereocenters. The summed E-state index contributed by atoms with van der Waals surface area (Å²) in [6.45, 7) is 0.000926. The Morgan fingerprint density at radius 3 is 1.93 bits per heavy atom. The van der Waals surface area contributed by atoms with Crippen LogP contribution in [0.25, 0.3) is 0 Å². The molecule has 2 amide bonds. The molecule has 0 unspecified atom stereocenters. The Hall–Kier alpha value is -1.14. The van der Waals surface area contributed by atoms with Gasteiger partial charge in [-0.05, 0) is 0 Å². The first kappa shape index (κ1) is 12.9. The maximum Gasteiger partial charge on any atom is 0.223 e. The van der Waals surface area contributed by atoms with Gasteiger partial charge in [0.05, 0.1) is 13.2 Å². The van der Waals surface area contributed by atoms with E-state index in [9.17, 15) is 9.59 Å². The molecule has 0 aromatic heterocycles. The van der Waals surface area contributed by atoms with Crippen LogP contribution in [0.5, 0.6) is 0 Å². The van der Waals surface area contributed by atoms with Gasteiger partial charge in [0.25, 0.3) is 0 Å². The fourth-order valence-corrected chi connectivity index (χ4v) is 0.991. The number of aliphatic hydroxyl groups excluding tert-OH is 2. The zero-order valence-corrected chi connectivity index (χ0v) is 7.98. The summed E-state index contributed by atoms with van der Waals surface area (Å²) in [7, 11) is 0. The number of hydrogen-bond donors (Lipinski definition) is 3. The molecule has 0 aromatic carbocycles. The standard InChI is InChI=1S/C8H16N2O4/c9-7(13)1-2-8(14)10(3-5-11)4-6-12/h11-12H,1-6H2,(H2,9,13). The Balaban J connectivity index is 3.94. The highest BCUT2D eigenvalue weighted by Crippen LogP contribution is 1.97. The second kappa shape index (κ2) is 7.28. The van der Waals surface area contributed by atoms with E-state index in [0.29, 0.717) is 0 Å². The summed E-state index contributed by atoms with van der Waals surface area (Å²) < 4.78 is 0. The van der Waals surface area contributed by atoms with Crippen molar-refractivity contribution in [1.29, 1.82) is 0 Å². The molecule has 82 valence electrons. The van der Waals surface area contributed by atoms with Gasteiger partial charge < -0.3 is 20.8 Å². The summed E-state index contributed by atoms with van der Waals surface area (Å²) in [5.41, 5.74) is 4.88. The van der Waals surface area contributed by atoms with Gasteiger partial charge in [0.2, 0.25) is 11.8 Å². The Labute approximate surface area is 82.3 Å². The molecule has 0 rings (SSSR count). The monoisotopic (exact) mass is 204 g/mol. The van der Waals surface area contributed by atoms with Gasteiger partial charge in [-0.3, -0.25) is 9.59 Å². The number of nitrogens with zero attached hydrogens (tertiary/aromatic N) is 1. The van der Waals surface area contributed by atoms with E-state index >= 15 is 0 Å². The third-order valence-corrected chi connectivity index (χ3v) is 1.68. The second-order valence-corrected chi connectivity index (χ2v) is 2.79. The normalized spacial score (nSPS) is 9.86. The first-order chi connectivity index (χ1) is 6.61. The molecule has 6 heteroatoms. The highest BCUT2D eigenvalue weighted by Gasteiger charge is 2.12. The molecule has 0 aliphatic heterocycles. The number of amides is 2. The third kappa shape index (κ3) is 5.50. The molecular weight excluding hydrogens is 188 g/mol. The lowest BCUT2D eigenvalue weighted by Crippen LogP contribution is -2.36. The molecule has 0 aliphatic carbocycles. The maximum atomic E-state index is 11.3. The maximum absolute atomic E-state index is 11.3. The number of aliphatic hydroxyl groups is 2. The van der Waals surface area contributed by atoms with Gasteiger partial charge in [-0.15, -0.1) is 0 Å². The molecule has 0 heterocycles. The number of carbonyl (C=O) groups excluding carboxylic acids is 2. The van der Waals surface area contributed by atoms with Crippen LogP contribution in [0.4, 0.5) is 0 Å². The SMILES string of the molecule is NC(=O)CCC(=O)N(CCO)CCO. The van der Waals surface area contributed by atoms with E-state index in [-0.39, 0.29) is 45.1 Å². The Morgan fingerprint density at radius 2 is 1.57 bits per heavy atom. The summed E-state index contributed by atoms with van der Waals surface area (Å²) in [4.78, 5) is 23.0. The summed E-state index contributed by atoms with van der Waals surface area (Å²) in [5, 5.41) is 17.2. The lowest BCUT2D eigenvalue weighted by molar-refractivity contribution is -0.134. The second-order valence-electron chi connectivity index (χ2n) is 2.79. The van der Waals surface area contributed by atoms with Crippen molar-refractivity contribution in [2.45, 2.75) is 12.8 Å². The molecule has 0 bridgehead atoms. The Bertz CT molecular complexity index is 190. The minimum absolute atomic E-state index is 0.00775. The van der Waals surface area contributed by atoms with Crippen LogP contribution in [0.15, 0.2) is 0 Å². The van der Waals surface area contributed by atoms with Crippen LogP contribution in [0, 0.1) is 0 Å². The van der Waals surface area contributed by atoms with Crippen molar-refractivity contribution in [3.05, 3.63) is 0 Å². The lowest BCUT2D eigenvalue weighted by Gasteiger charge is -2.20. The summed E-state index contributed by atoms with van der Waals surface area (Å²) in [6.07, 6.45) is 0.0154. The van der Waals surface area contributed by atoms with Crippen molar-refractivity contribution in [1.82, 2.24) is 4.90 Å². The number of primary amides is 1. The summed E-state index contributed by atoms with van der Waals surface area (Å²) >= 11 is 0. The molecule has 14 heavy (non-hydrogen) atoms. The molecule has 0 aromatic rings. The van der Waals surface area contributed by atoms with E-state index < -0.39 is 5.91 Å². The van der Waals surface area contributed by atoms with Crippen molar-refractivity contribution in [3.8, 4) is 0 Å². The minimum atomic E-state index is -0.536. The predicted molar refractivity (Wildman–Crippen MR) is 49.2 cm³/mol. The Morgan fingerprint density at radius 1 is 1.07 bits per heavy atom. The zero-order valence-electron chi connectivity index (χ0n) is 7.98.